The lowest BCUT2D eigenvalue weighted by Crippen LogP contribution is -2.40. The molecule has 0 aliphatic carbocycles. The second-order valence-corrected chi connectivity index (χ2v) is 5.07. The maximum atomic E-state index is 12.4. The number of rotatable bonds is 5. The average molecular weight is 276 g/mol. The number of nitrogens with one attached hydrogen (secondary N) is 2. The summed E-state index contributed by atoms with van der Waals surface area (Å²) in [4.78, 5) is 23.1. The third-order valence-electron chi connectivity index (χ3n) is 3.66. The lowest BCUT2D eigenvalue weighted by atomic mass is 9.90. The van der Waals surface area contributed by atoms with Gasteiger partial charge >= 0.3 is 5.97 Å². The Labute approximate surface area is 118 Å². The largest absolute Gasteiger partial charge is 0.481 e. The molecule has 2 atom stereocenters. The summed E-state index contributed by atoms with van der Waals surface area (Å²) in [5, 5.41) is 15.0. The Kier molecular flexibility index (Phi) is 4.61. The standard InChI is InChI=1S/C15H20N2O3/c1-2-10(9-14(18)19)17-15(20)12-7-8-16-13-6-4-3-5-11(12)13/h3-6,10,12,16H,2,7-9H2,1H3,(H,17,20)(H,18,19). The van der Waals surface area contributed by atoms with Crippen molar-refractivity contribution < 1.29 is 14.7 Å². The van der Waals surface area contributed by atoms with Crippen molar-refractivity contribution in [1.82, 2.24) is 5.32 Å². The van der Waals surface area contributed by atoms with E-state index in [4.69, 9.17) is 5.11 Å². The number of carboxylic acid groups (broad SMARTS) is 1. The van der Waals surface area contributed by atoms with Crippen LogP contribution in [-0.4, -0.2) is 29.6 Å². The predicted molar refractivity (Wildman–Crippen MR) is 76.8 cm³/mol. The molecule has 0 radical (unpaired) electrons. The number of carboxylic acids is 1. The lowest BCUT2D eigenvalue weighted by Gasteiger charge is -2.27. The van der Waals surface area contributed by atoms with Gasteiger partial charge in [-0.05, 0) is 24.5 Å². The van der Waals surface area contributed by atoms with Gasteiger partial charge in [0.1, 0.15) is 0 Å². The molecule has 2 unspecified atom stereocenters. The normalized spacial score (nSPS) is 18.6. The molecule has 0 spiro atoms. The fraction of sp³-hybridized carbons (Fsp3) is 0.467. The highest BCUT2D eigenvalue weighted by Gasteiger charge is 2.27. The molecule has 1 aromatic carbocycles. The minimum atomic E-state index is -0.886. The van der Waals surface area contributed by atoms with Crippen LogP contribution in [0, 0.1) is 0 Å². The fourth-order valence-corrected chi connectivity index (χ4v) is 2.55. The monoisotopic (exact) mass is 276 g/mol. The molecule has 1 heterocycles. The number of benzene rings is 1. The maximum Gasteiger partial charge on any atom is 0.305 e. The Morgan fingerprint density at radius 1 is 1.45 bits per heavy atom. The number of hydrogen-bond acceptors (Lipinski definition) is 3. The van der Waals surface area contributed by atoms with Crippen molar-refractivity contribution >= 4 is 17.6 Å². The SMILES string of the molecule is CCC(CC(=O)O)NC(=O)C1CCNc2ccccc21. The Morgan fingerprint density at radius 2 is 2.20 bits per heavy atom. The zero-order chi connectivity index (χ0) is 14.5. The number of fused-ring (bicyclic) bond motifs is 1. The van der Waals surface area contributed by atoms with Crippen molar-refractivity contribution in [3.8, 4) is 0 Å². The van der Waals surface area contributed by atoms with Crippen LogP contribution >= 0.6 is 0 Å². The van der Waals surface area contributed by atoms with E-state index in [0.717, 1.165) is 24.2 Å². The number of amides is 1. The number of hydrogen-bond donors (Lipinski definition) is 3. The number of carbonyl (C=O) groups excluding carboxylic acids is 1. The van der Waals surface area contributed by atoms with Crippen molar-refractivity contribution in [1.29, 1.82) is 0 Å². The summed E-state index contributed by atoms with van der Waals surface area (Å²) in [6, 6.07) is 7.46. The zero-order valence-electron chi connectivity index (χ0n) is 11.6. The van der Waals surface area contributed by atoms with Gasteiger partial charge in [-0.1, -0.05) is 25.1 Å². The van der Waals surface area contributed by atoms with E-state index >= 15 is 0 Å². The molecule has 1 aromatic rings. The molecule has 1 aliphatic rings. The van der Waals surface area contributed by atoms with Crippen LogP contribution in [0.3, 0.4) is 0 Å². The van der Waals surface area contributed by atoms with Gasteiger partial charge in [-0.3, -0.25) is 9.59 Å². The Hall–Kier alpha value is -2.04. The summed E-state index contributed by atoms with van der Waals surface area (Å²) >= 11 is 0. The summed E-state index contributed by atoms with van der Waals surface area (Å²) in [6.07, 6.45) is 1.31. The number of aliphatic carboxylic acids is 1. The highest BCUT2D eigenvalue weighted by Crippen LogP contribution is 2.31. The zero-order valence-corrected chi connectivity index (χ0v) is 11.6. The highest BCUT2D eigenvalue weighted by molar-refractivity contribution is 5.86. The van der Waals surface area contributed by atoms with E-state index < -0.39 is 5.97 Å². The van der Waals surface area contributed by atoms with E-state index in [1.807, 2.05) is 31.2 Å². The molecule has 5 nitrogen and oxygen atoms in total. The van der Waals surface area contributed by atoms with Gasteiger partial charge in [-0.15, -0.1) is 0 Å². The van der Waals surface area contributed by atoms with E-state index in [1.165, 1.54) is 0 Å². The van der Waals surface area contributed by atoms with Crippen molar-refractivity contribution in [2.75, 3.05) is 11.9 Å². The molecule has 0 bridgehead atoms. The van der Waals surface area contributed by atoms with Gasteiger partial charge in [0.15, 0.2) is 0 Å². The van der Waals surface area contributed by atoms with Crippen LogP contribution in [0.4, 0.5) is 5.69 Å². The van der Waals surface area contributed by atoms with E-state index in [0.29, 0.717) is 6.42 Å². The molecular formula is C15H20N2O3. The van der Waals surface area contributed by atoms with Gasteiger partial charge in [-0.25, -0.2) is 0 Å². The smallest absolute Gasteiger partial charge is 0.305 e. The Balaban J connectivity index is 2.08. The van der Waals surface area contributed by atoms with Crippen LogP contribution in [0.1, 0.15) is 37.7 Å². The van der Waals surface area contributed by atoms with Gasteiger partial charge in [0.25, 0.3) is 0 Å². The maximum absolute atomic E-state index is 12.4. The molecule has 3 N–H and O–H groups in total. The molecule has 0 fully saturated rings. The van der Waals surface area contributed by atoms with E-state index in [9.17, 15) is 9.59 Å². The second kappa shape index (κ2) is 6.41. The molecule has 20 heavy (non-hydrogen) atoms. The molecule has 2 rings (SSSR count). The summed E-state index contributed by atoms with van der Waals surface area (Å²) in [5.74, 6) is -1.16. The molecule has 5 heteroatoms. The number of para-hydroxylation sites is 1. The van der Waals surface area contributed by atoms with Gasteiger partial charge in [0.05, 0.1) is 12.3 Å². The van der Waals surface area contributed by atoms with Crippen LogP contribution in [0.5, 0.6) is 0 Å². The number of anilines is 1. The first-order valence-electron chi connectivity index (χ1n) is 6.96. The molecule has 1 amide bonds. The third kappa shape index (κ3) is 3.29. The molecule has 1 aliphatic heterocycles. The molecule has 0 aromatic heterocycles. The van der Waals surface area contributed by atoms with Crippen LogP contribution in [0.2, 0.25) is 0 Å². The molecule has 108 valence electrons. The molecule has 0 saturated heterocycles. The Morgan fingerprint density at radius 3 is 2.90 bits per heavy atom. The second-order valence-electron chi connectivity index (χ2n) is 5.07. The third-order valence-corrected chi connectivity index (χ3v) is 3.66. The van der Waals surface area contributed by atoms with Gasteiger partial charge in [0.2, 0.25) is 5.91 Å². The van der Waals surface area contributed by atoms with Crippen molar-refractivity contribution in [2.24, 2.45) is 0 Å². The van der Waals surface area contributed by atoms with Crippen LogP contribution < -0.4 is 10.6 Å². The van der Waals surface area contributed by atoms with E-state index in [2.05, 4.69) is 10.6 Å². The molecular weight excluding hydrogens is 256 g/mol. The van der Waals surface area contributed by atoms with E-state index in [-0.39, 0.29) is 24.3 Å². The average Bonchev–Trinajstić information content (AvgIpc) is 2.45. The topological polar surface area (TPSA) is 78.4 Å². The van der Waals surface area contributed by atoms with Crippen LogP contribution in [0.15, 0.2) is 24.3 Å². The summed E-state index contributed by atoms with van der Waals surface area (Å²) < 4.78 is 0. The van der Waals surface area contributed by atoms with Crippen LogP contribution in [0.25, 0.3) is 0 Å². The van der Waals surface area contributed by atoms with Crippen LogP contribution in [-0.2, 0) is 9.59 Å². The fourth-order valence-electron chi connectivity index (χ4n) is 2.55. The van der Waals surface area contributed by atoms with Gasteiger partial charge in [-0.2, -0.15) is 0 Å². The van der Waals surface area contributed by atoms with Crippen molar-refractivity contribution in [2.45, 2.75) is 38.1 Å². The minimum Gasteiger partial charge on any atom is -0.481 e. The van der Waals surface area contributed by atoms with Gasteiger partial charge < -0.3 is 15.7 Å². The quantitative estimate of drug-likeness (QED) is 0.768. The van der Waals surface area contributed by atoms with Gasteiger partial charge in [0, 0.05) is 18.3 Å². The summed E-state index contributed by atoms with van der Waals surface area (Å²) in [5.41, 5.74) is 1.98. The first kappa shape index (κ1) is 14.4. The first-order chi connectivity index (χ1) is 9.61. The first-order valence-corrected chi connectivity index (χ1v) is 6.96. The van der Waals surface area contributed by atoms with E-state index in [1.54, 1.807) is 0 Å². The van der Waals surface area contributed by atoms with Crippen molar-refractivity contribution in [3.05, 3.63) is 29.8 Å². The molecule has 0 saturated carbocycles. The number of carbonyl (C=O) groups is 2. The van der Waals surface area contributed by atoms with Crippen molar-refractivity contribution in [3.63, 3.8) is 0 Å². The summed E-state index contributed by atoms with van der Waals surface area (Å²) in [6.45, 7) is 2.63. The minimum absolute atomic E-state index is 0.0329. The summed E-state index contributed by atoms with van der Waals surface area (Å²) in [7, 11) is 0. The Bertz CT molecular complexity index is 502. The predicted octanol–water partition coefficient (Wildman–Crippen LogP) is 1.96. The highest BCUT2D eigenvalue weighted by atomic mass is 16.4. The lowest BCUT2D eigenvalue weighted by molar-refractivity contribution is -0.137.